The quantitative estimate of drug-likeness (QED) is 0.797. The van der Waals surface area contributed by atoms with Gasteiger partial charge in [-0.25, -0.2) is 4.98 Å². The molecule has 1 heterocycles. The van der Waals surface area contributed by atoms with Gasteiger partial charge >= 0.3 is 0 Å². The first-order valence-corrected chi connectivity index (χ1v) is 5.78. The predicted octanol–water partition coefficient (Wildman–Crippen LogP) is 1.32. The van der Waals surface area contributed by atoms with Crippen molar-refractivity contribution in [2.45, 2.75) is 32.2 Å². The number of hydrogen-bond donors (Lipinski definition) is 1. The summed E-state index contributed by atoms with van der Waals surface area (Å²) in [4.78, 5) is 15.7. The Morgan fingerprint density at radius 2 is 2.50 bits per heavy atom. The number of hydrogen-bond acceptors (Lipinski definition) is 4. The van der Waals surface area contributed by atoms with E-state index < -0.39 is 0 Å². The van der Waals surface area contributed by atoms with Gasteiger partial charge < -0.3 is 5.32 Å². The molecule has 0 aliphatic heterocycles. The van der Waals surface area contributed by atoms with Gasteiger partial charge in [-0.15, -0.1) is 11.3 Å². The van der Waals surface area contributed by atoms with E-state index in [4.69, 9.17) is 0 Å². The van der Waals surface area contributed by atoms with Crippen LogP contribution in [0.1, 0.15) is 23.5 Å². The van der Waals surface area contributed by atoms with Crippen LogP contribution in [0.3, 0.4) is 0 Å². The van der Waals surface area contributed by atoms with E-state index in [0.29, 0.717) is 19.0 Å². The summed E-state index contributed by atoms with van der Waals surface area (Å²) < 4.78 is 0. The molecular weight excluding hydrogens is 196 g/mol. The molecule has 1 aliphatic carbocycles. The van der Waals surface area contributed by atoms with E-state index in [-0.39, 0.29) is 5.78 Å². The summed E-state index contributed by atoms with van der Waals surface area (Å²) in [6, 6.07) is 0.608. The molecule has 1 saturated carbocycles. The first kappa shape index (κ1) is 9.80. The molecule has 1 fully saturated rings. The average Bonchev–Trinajstić information content (AvgIpc) is 2.88. The molecule has 0 unspecified atom stereocenters. The van der Waals surface area contributed by atoms with Crippen LogP contribution in [0.4, 0.5) is 0 Å². The Morgan fingerprint density at radius 1 is 1.71 bits per heavy atom. The van der Waals surface area contributed by atoms with Crippen molar-refractivity contribution in [1.29, 1.82) is 0 Å². The molecule has 14 heavy (non-hydrogen) atoms. The summed E-state index contributed by atoms with van der Waals surface area (Å²) in [5, 5.41) is 6.13. The molecule has 3 nitrogen and oxygen atoms in total. The molecule has 76 valence electrons. The zero-order valence-electron chi connectivity index (χ0n) is 8.25. The maximum absolute atomic E-state index is 11.5. The molecule has 0 saturated heterocycles. The smallest absolute Gasteiger partial charge is 0.153 e. The number of carbonyl (C=O) groups excluding carboxylic acids is 1. The highest BCUT2D eigenvalue weighted by Gasteiger charge is 2.21. The highest BCUT2D eigenvalue weighted by Crippen LogP contribution is 2.18. The van der Waals surface area contributed by atoms with Crippen molar-refractivity contribution in [1.82, 2.24) is 10.3 Å². The zero-order valence-corrected chi connectivity index (χ0v) is 9.06. The van der Waals surface area contributed by atoms with E-state index in [0.717, 1.165) is 10.7 Å². The fourth-order valence-electron chi connectivity index (χ4n) is 1.26. The van der Waals surface area contributed by atoms with Gasteiger partial charge in [0.1, 0.15) is 5.01 Å². The van der Waals surface area contributed by atoms with Gasteiger partial charge in [0.05, 0.1) is 13.0 Å². The van der Waals surface area contributed by atoms with Crippen LogP contribution in [0.2, 0.25) is 0 Å². The van der Waals surface area contributed by atoms with Gasteiger partial charge in [-0.2, -0.15) is 0 Å². The predicted molar refractivity (Wildman–Crippen MR) is 56.6 cm³/mol. The standard InChI is InChI=1S/C10H14N2OS/c1-7-6-14-10(12-7)4-9(13)5-11-8-2-3-8/h6,8,11H,2-5H2,1H3. The molecule has 0 atom stereocenters. The molecule has 0 spiro atoms. The summed E-state index contributed by atoms with van der Waals surface area (Å²) in [6.07, 6.45) is 2.94. The molecule has 4 heteroatoms. The van der Waals surface area contributed by atoms with Crippen LogP contribution in [0.5, 0.6) is 0 Å². The van der Waals surface area contributed by atoms with Gasteiger partial charge in [-0.05, 0) is 19.8 Å². The molecular formula is C10H14N2OS. The van der Waals surface area contributed by atoms with Crippen LogP contribution in [0.15, 0.2) is 5.38 Å². The Hall–Kier alpha value is -0.740. The third-order valence-corrected chi connectivity index (χ3v) is 3.15. The molecule has 0 aromatic carbocycles. The summed E-state index contributed by atoms with van der Waals surface area (Å²) in [5.41, 5.74) is 1.01. The lowest BCUT2D eigenvalue weighted by atomic mass is 10.3. The van der Waals surface area contributed by atoms with E-state index in [1.165, 1.54) is 12.8 Å². The average molecular weight is 210 g/mol. The Morgan fingerprint density at radius 3 is 3.07 bits per heavy atom. The van der Waals surface area contributed by atoms with Crippen molar-refractivity contribution >= 4 is 17.1 Å². The highest BCUT2D eigenvalue weighted by molar-refractivity contribution is 7.09. The van der Waals surface area contributed by atoms with Crippen molar-refractivity contribution in [2.24, 2.45) is 0 Å². The first-order chi connectivity index (χ1) is 6.74. The normalized spacial score (nSPS) is 15.8. The fraction of sp³-hybridized carbons (Fsp3) is 0.600. The Labute approximate surface area is 87.6 Å². The van der Waals surface area contributed by atoms with Crippen molar-refractivity contribution in [3.05, 3.63) is 16.1 Å². The lowest BCUT2D eigenvalue weighted by Gasteiger charge is -1.99. The monoisotopic (exact) mass is 210 g/mol. The van der Waals surface area contributed by atoms with Crippen molar-refractivity contribution < 1.29 is 4.79 Å². The minimum atomic E-state index is 0.242. The van der Waals surface area contributed by atoms with Gasteiger partial charge in [0, 0.05) is 17.1 Å². The number of ketones is 1. The van der Waals surface area contributed by atoms with Crippen molar-refractivity contribution in [3.63, 3.8) is 0 Å². The van der Waals surface area contributed by atoms with Crippen LogP contribution in [0, 0.1) is 6.92 Å². The first-order valence-electron chi connectivity index (χ1n) is 4.90. The van der Waals surface area contributed by atoms with Gasteiger partial charge in [-0.1, -0.05) is 0 Å². The third kappa shape index (κ3) is 2.89. The number of nitrogens with zero attached hydrogens (tertiary/aromatic N) is 1. The Kier molecular flexibility index (Phi) is 2.93. The number of aryl methyl sites for hydroxylation is 1. The molecule has 0 radical (unpaired) electrons. The largest absolute Gasteiger partial charge is 0.307 e. The zero-order chi connectivity index (χ0) is 9.97. The van der Waals surface area contributed by atoms with Gasteiger partial charge in [0.2, 0.25) is 0 Å². The van der Waals surface area contributed by atoms with Crippen LogP contribution in [-0.2, 0) is 11.2 Å². The number of nitrogens with one attached hydrogen (secondary N) is 1. The summed E-state index contributed by atoms with van der Waals surface area (Å²) in [5.74, 6) is 0.242. The Balaban J connectivity index is 1.75. The molecule has 2 rings (SSSR count). The maximum Gasteiger partial charge on any atom is 0.153 e. The second-order valence-corrected chi connectivity index (χ2v) is 4.70. The van der Waals surface area contributed by atoms with E-state index in [1.54, 1.807) is 11.3 Å². The second kappa shape index (κ2) is 4.19. The number of Topliss-reactive ketones (excluding diaryl/α,β-unsaturated/α-hetero) is 1. The second-order valence-electron chi connectivity index (χ2n) is 3.75. The van der Waals surface area contributed by atoms with E-state index in [9.17, 15) is 4.79 Å². The van der Waals surface area contributed by atoms with Crippen molar-refractivity contribution in [2.75, 3.05) is 6.54 Å². The number of thiazole rings is 1. The maximum atomic E-state index is 11.5. The molecule has 0 amide bonds. The summed E-state index contributed by atoms with van der Waals surface area (Å²) in [6.45, 7) is 2.45. The molecule has 1 aromatic heterocycles. The fourth-order valence-corrected chi connectivity index (χ4v) is 2.06. The highest BCUT2D eigenvalue weighted by atomic mass is 32.1. The van der Waals surface area contributed by atoms with Gasteiger partial charge in [-0.3, -0.25) is 4.79 Å². The van der Waals surface area contributed by atoms with Crippen LogP contribution < -0.4 is 5.32 Å². The lowest BCUT2D eigenvalue weighted by molar-refractivity contribution is -0.117. The topological polar surface area (TPSA) is 42.0 Å². The summed E-state index contributed by atoms with van der Waals surface area (Å²) >= 11 is 1.57. The van der Waals surface area contributed by atoms with Crippen LogP contribution >= 0.6 is 11.3 Å². The van der Waals surface area contributed by atoms with E-state index >= 15 is 0 Å². The minimum absolute atomic E-state index is 0.242. The van der Waals surface area contributed by atoms with E-state index in [2.05, 4.69) is 10.3 Å². The lowest BCUT2D eigenvalue weighted by Crippen LogP contribution is -2.25. The molecule has 1 aliphatic rings. The van der Waals surface area contributed by atoms with Crippen molar-refractivity contribution in [3.8, 4) is 0 Å². The third-order valence-electron chi connectivity index (χ3n) is 2.18. The number of carbonyl (C=O) groups is 1. The number of aromatic nitrogens is 1. The summed E-state index contributed by atoms with van der Waals surface area (Å²) in [7, 11) is 0. The van der Waals surface area contributed by atoms with Crippen LogP contribution in [0.25, 0.3) is 0 Å². The molecule has 1 N–H and O–H groups in total. The van der Waals surface area contributed by atoms with E-state index in [1.807, 2.05) is 12.3 Å². The number of rotatable bonds is 5. The van der Waals surface area contributed by atoms with Gasteiger partial charge in [0.25, 0.3) is 0 Å². The minimum Gasteiger partial charge on any atom is -0.307 e. The van der Waals surface area contributed by atoms with Crippen LogP contribution in [-0.4, -0.2) is 23.4 Å². The molecule has 1 aromatic rings. The SMILES string of the molecule is Cc1csc(CC(=O)CNC2CC2)n1. The van der Waals surface area contributed by atoms with Gasteiger partial charge in [0.15, 0.2) is 5.78 Å². The Bertz CT molecular complexity index is 331. The molecule has 0 bridgehead atoms.